The molecule has 0 amide bonds. The Labute approximate surface area is 120 Å². The van der Waals surface area contributed by atoms with Crippen molar-refractivity contribution < 1.29 is 17.6 Å². The highest BCUT2D eigenvalue weighted by Gasteiger charge is 2.67. The zero-order valence-electron chi connectivity index (χ0n) is 10.1. The lowest BCUT2D eigenvalue weighted by Crippen LogP contribution is -2.50. The number of halogens is 7. The monoisotopic (exact) mass is 330 g/mol. The maximum atomic E-state index is 13.5. The first-order chi connectivity index (χ1) is 8.06. The van der Waals surface area contributed by atoms with E-state index < -0.39 is 22.1 Å². The second kappa shape index (κ2) is 7.39. The molecule has 18 heavy (non-hydrogen) atoms. The number of hydrogen-bond acceptors (Lipinski definition) is 0. The minimum Gasteiger partial charge on any atom is -0.219 e. The molecule has 0 N–H and O–H groups in total. The summed E-state index contributed by atoms with van der Waals surface area (Å²) in [6, 6.07) is 0. The molecule has 0 aliphatic carbocycles. The normalized spacial score (nSPS) is 16.7. The van der Waals surface area contributed by atoms with Crippen molar-refractivity contribution in [1.82, 2.24) is 0 Å². The lowest BCUT2D eigenvalue weighted by atomic mass is 10.0. The summed E-state index contributed by atoms with van der Waals surface area (Å²) < 4.78 is 48.7. The third kappa shape index (κ3) is 5.30. The average Bonchev–Trinajstić information content (AvgIpc) is 2.21. The van der Waals surface area contributed by atoms with E-state index in [2.05, 4.69) is 23.2 Å². The molecule has 7 heteroatoms. The van der Waals surface area contributed by atoms with Gasteiger partial charge in [0.2, 0.25) is 0 Å². The third-order valence-electron chi connectivity index (χ3n) is 2.66. The van der Waals surface area contributed by atoms with Crippen LogP contribution in [-0.2, 0) is 0 Å². The minimum atomic E-state index is -4.66. The number of rotatable bonds is 9. The molecule has 0 fully saturated rings. The van der Waals surface area contributed by atoms with Gasteiger partial charge in [0, 0.05) is 6.42 Å². The van der Waals surface area contributed by atoms with Crippen molar-refractivity contribution in [2.45, 2.75) is 67.5 Å². The van der Waals surface area contributed by atoms with Crippen molar-refractivity contribution in [2.75, 3.05) is 0 Å². The zero-order chi connectivity index (χ0) is 14.4. The fourth-order valence-electron chi connectivity index (χ4n) is 1.49. The van der Waals surface area contributed by atoms with Gasteiger partial charge >= 0.3 is 10.5 Å². The van der Waals surface area contributed by atoms with Crippen LogP contribution in [0.2, 0.25) is 0 Å². The Hall–Kier alpha value is 0.590. The molecule has 0 bridgehead atoms. The Bertz CT molecular complexity index is 239. The topological polar surface area (TPSA) is 0 Å². The molecule has 0 aromatic carbocycles. The van der Waals surface area contributed by atoms with Crippen LogP contribution in [0.5, 0.6) is 0 Å². The van der Waals surface area contributed by atoms with E-state index in [1.807, 2.05) is 6.92 Å². The van der Waals surface area contributed by atoms with Gasteiger partial charge in [-0.2, -0.15) is 8.78 Å². The van der Waals surface area contributed by atoms with Crippen molar-refractivity contribution in [1.29, 1.82) is 0 Å². The van der Waals surface area contributed by atoms with E-state index >= 15 is 0 Å². The van der Waals surface area contributed by atoms with E-state index in [0.29, 0.717) is 6.42 Å². The summed E-state index contributed by atoms with van der Waals surface area (Å²) in [6.07, 6.45) is 3.82. The van der Waals surface area contributed by atoms with Crippen LogP contribution in [-0.4, -0.2) is 15.6 Å². The molecule has 1 atom stereocenters. The zero-order valence-corrected chi connectivity index (χ0v) is 12.4. The summed E-state index contributed by atoms with van der Waals surface area (Å²) in [5.74, 6) is -4.66. The van der Waals surface area contributed by atoms with Crippen LogP contribution in [0.15, 0.2) is 0 Å². The average molecular weight is 332 g/mol. The molecule has 0 aliphatic heterocycles. The van der Waals surface area contributed by atoms with Crippen molar-refractivity contribution in [3.63, 3.8) is 0 Å². The van der Waals surface area contributed by atoms with Gasteiger partial charge in [-0.05, 0) is 6.42 Å². The quantitative estimate of drug-likeness (QED) is 0.261. The number of unbranched alkanes of at least 4 members (excludes halogenated alkanes) is 5. The van der Waals surface area contributed by atoms with E-state index in [0.717, 1.165) is 25.7 Å². The van der Waals surface area contributed by atoms with Crippen LogP contribution in [0.4, 0.5) is 17.6 Å². The number of hydrogen-bond donors (Lipinski definition) is 0. The van der Waals surface area contributed by atoms with Gasteiger partial charge in [-0.3, -0.25) is 0 Å². The Morgan fingerprint density at radius 1 is 0.778 bits per heavy atom. The van der Waals surface area contributed by atoms with Crippen molar-refractivity contribution in [2.24, 2.45) is 0 Å². The Morgan fingerprint density at radius 3 is 1.67 bits per heavy atom. The molecule has 0 aromatic heterocycles. The Morgan fingerprint density at radius 2 is 1.22 bits per heavy atom. The lowest BCUT2D eigenvalue weighted by molar-refractivity contribution is -0.139. The molecule has 0 saturated heterocycles. The van der Waals surface area contributed by atoms with Crippen LogP contribution in [0.3, 0.4) is 0 Å². The van der Waals surface area contributed by atoms with Crippen molar-refractivity contribution >= 4 is 34.8 Å². The summed E-state index contributed by atoms with van der Waals surface area (Å²) >= 11 is 14.3. The summed E-state index contributed by atoms with van der Waals surface area (Å²) in [7, 11) is 0. The van der Waals surface area contributed by atoms with Gasteiger partial charge in [-0.25, -0.2) is 8.78 Å². The van der Waals surface area contributed by atoms with Crippen LogP contribution >= 0.6 is 34.8 Å². The Kier molecular flexibility index (Phi) is 7.64. The predicted octanol–water partition coefficient (Wildman–Crippen LogP) is 6.38. The molecule has 0 heterocycles. The van der Waals surface area contributed by atoms with Gasteiger partial charge in [0.1, 0.15) is 0 Å². The van der Waals surface area contributed by atoms with Crippen LogP contribution in [0.25, 0.3) is 0 Å². The molecular weight excluding hydrogens is 314 g/mol. The van der Waals surface area contributed by atoms with Gasteiger partial charge in [0.15, 0.2) is 0 Å². The highest BCUT2D eigenvalue weighted by molar-refractivity contribution is 6.48. The van der Waals surface area contributed by atoms with Gasteiger partial charge < -0.3 is 0 Å². The second-order valence-corrected chi connectivity index (χ2v) is 6.13. The van der Waals surface area contributed by atoms with E-state index in [-0.39, 0.29) is 6.42 Å². The molecule has 0 spiro atoms. The summed E-state index contributed by atoms with van der Waals surface area (Å²) in [4.78, 5) is 0. The fourth-order valence-corrected chi connectivity index (χ4v) is 2.15. The smallest absolute Gasteiger partial charge is 0.219 e. The molecule has 110 valence electrons. The Balaban J connectivity index is 4.15. The van der Waals surface area contributed by atoms with E-state index in [1.54, 1.807) is 0 Å². The predicted molar refractivity (Wildman–Crippen MR) is 68.2 cm³/mol. The molecule has 0 radical (unpaired) electrons. The SMILES string of the molecule is CCCCCCCCC(F)(Cl)C(F)(F)C(F)(Cl)Cl. The summed E-state index contributed by atoms with van der Waals surface area (Å²) in [5, 5.41) is -3.57. The van der Waals surface area contributed by atoms with E-state index in [1.165, 1.54) is 0 Å². The second-order valence-electron chi connectivity index (χ2n) is 4.29. The standard InChI is InChI=1S/C11H17Cl3F4/c1-2-3-4-5-6-7-8-9(12,15)10(16,17)11(13,14)18/h2-8H2,1H3. The third-order valence-corrected chi connectivity index (χ3v) is 3.56. The lowest BCUT2D eigenvalue weighted by Gasteiger charge is -2.31. The van der Waals surface area contributed by atoms with Gasteiger partial charge in [0.25, 0.3) is 5.13 Å². The molecule has 0 nitrogen and oxygen atoms in total. The van der Waals surface area contributed by atoms with Gasteiger partial charge in [-0.15, -0.1) is 0 Å². The molecule has 0 aromatic rings. The maximum Gasteiger partial charge on any atom is 0.356 e. The van der Waals surface area contributed by atoms with Crippen LogP contribution < -0.4 is 0 Å². The van der Waals surface area contributed by atoms with Gasteiger partial charge in [-0.1, -0.05) is 73.8 Å². The summed E-state index contributed by atoms with van der Waals surface area (Å²) in [5.41, 5.74) is 0. The minimum absolute atomic E-state index is 0.128. The maximum absolute atomic E-state index is 13.5. The van der Waals surface area contributed by atoms with Crippen molar-refractivity contribution in [3.05, 3.63) is 0 Å². The molecule has 1 unspecified atom stereocenters. The number of alkyl halides is 7. The largest absolute Gasteiger partial charge is 0.356 e. The first kappa shape index (κ1) is 18.6. The van der Waals surface area contributed by atoms with Crippen LogP contribution in [0, 0.1) is 0 Å². The summed E-state index contributed by atoms with van der Waals surface area (Å²) in [6.45, 7) is 2.04. The van der Waals surface area contributed by atoms with Crippen molar-refractivity contribution in [3.8, 4) is 0 Å². The first-order valence-electron chi connectivity index (χ1n) is 5.88. The first-order valence-corrected chi connectivity index (χ1v) is 7.02. The molecular formula is C11H17Cl3F4. The molecule has 0 rings (SSSR count). The fraction of sp³-hybridized carbons (Fsp3) is 1.00. The molecule has 0 saturated carbocycles. The van der Waals surface area contributed by atoms with Gasteiger partial charge in [0.05, 0.1) is 0 Å². The highest BCUT2D eigenvalue weighted by Crippen LogP contribution is 2.52. The van der Waals surface area contributed by atoms with E-state index in [9.17, 15) is 17.6 Å². The molecule has 0 aliphatic rings. The van der Waals surface area contributed by atoms with Crippen LogP contribution in [0.1, 0.15) is 51.9 Å². The highest BCUT2D eigenvalue weighted by atomic mass is 35.5. The van der Waals surface area contributed by atoms with E-state index in [4.69, 9.17) is 11.6 Å².